The third-order valence-corrected chi connectivity index (χ3v) is 5.13. The van der Waals surface area contributed by atoms with Gasteiger partial charge in [0.1, 0.15) is 5.82 Å². The number of anilines is 1. The van der Waals surface area contributed by atoms with Gasteiger partial charge in [-0.15, -0.1) is 0 Å². The Morgan fingerprint density at radius 3 is 2.65 bits per heavy atom. The molecular weight excluding hydrogens is 351 g/mol. The molecule has 0 radical (unpaired) electrons. The molecular formula is C12H18BrFN2O3S. The molecule has 1 atom stereocenters. The van der Waals surface area contributed by atoms with Crippen molar-refractivity contribution in [2.24, 2.45) is 0 Å². The first kappa shape index (κ1) is 17.4. The number of sulfonamides is 1. The summed E-state index contributed by atoms with van der Waals surface area (Å²) in [6, 6.07) is 2.03. The van der Waals surface area contributed by atoms with E-state index in [1.54, 1.807) is 6.92 Å². The summed E-state index contributed by atoms with van der Waals surface area (Å²) in [6.07, 6.45) is 1.18. The Balaban J connectivity index is 2.98. The van der Waals surface area contributed by atoms with Crippen molar-refractivity contribution in [2.45, 2.75) is 37.2 Å². The SMILES string of the molecule is CCCC(C)(O)CNS(=O)(=O)c1cc(N)c(F)cc1Br. The molecule has 1 rings (SSSR count). The summed E-state index contributed by atoms with van der Waals surface area (Å²) < 4.78 is 39.9. The predicted molar refractivity (Wildman–Crippen MR) is 79.2 cm³/mol. The van der Waals surface area contributed by atoms with Gasteiger partial charge in [-0.2, -0.15) is 0 Å². The van der Waals surface area contributed by atoms with Crippen molar-refractivity contribution in [3.05, 3.63) is 22.4 Å². The molecule has 0 saturated carbocycles. The first-order valence-corrected chi connectivity index (χ1v) is 8.33. The highest BCUT2D eigenvalue weighted by atomic mass is 79.9. The van der Waals surface area contributed by atoms with Gasteiger partial charge >= 0.3 is 0 Å². The van der Waals surface area contributed by atoms with Gasteiger partial charge in [0.15, 0.2) is 0 Å². The predicted octanol–water partition coefficient (Wildman–Crippen LogP) is 2.00. The maximum absolute atomic E-state index is 13.2. The van der Waals surface area contributed by atoms with Gasteiger partial charge in [-0.3, -0.25) is 0 Å². The molecule has 0 fully saturated rings. The normalized spacial score (nSPS) is 15.1. The second-order valence-electron chi connectivity index (χ2n) is 4.88. The van der Waals surface area contributed by atoms with E-state index in [9.17, 15) is 17.9 Å². The number of benzene rings is 1. The molecule has 0 amide bonds. The number of halogens is 2. The van der Waals surface area contributed by atoms with Crippen LogP contribution in [-0.2, 0) is 10.0 Å². The van der Waals surface area contributed by atoms with Gasteiger partial charge in [0, 0.05) is 11.0 Å². The van der Waals surface area contributed by atoms with Crippen LogP contribution in [0.2, 0.25) is 0 Å². The van der Waals surface area contributed by atoms with Crippen LogP contribution in [0, 0.1) is 5.82 Å². The Bertz CT molecular complexity index is 591. The minimum Gasteiger partial charge on any atom is -0.396 e. The van der Waals surface area contributed by atoms with Crippen molar-refractivity contribution < 1.29 is 17.9 Å². The lowest BCUT2D eigenvalue weighted by molar-refractivity contribution is 0.0554. The van der Waals surface area contributed by atoms with Crippen LogP contribution in [0.4, 0.5) is 10.1 Å². The van der Waals surface area contributed by atoms with Crippen LogP contribution < -0.4 is 10.5 Å². The second-order valence-corrected chi connectivity index (χ2v) is 7.47. The summed E-state index contributed by atoms with van der Waals surface area (Å²) in [5, 5.41) is 9.97. The highest BCUT2D eigenvalue weighted by Crippen LogP contribution is 2.26. The average molecular weight is 369 g/mol. The minimum atomic E-state index is -3.89. The molecule has 1 unspecified atom stereocenters. The summed E-state index contributed by atoms with van der Waals surface area (Å²) in [5.41, 5.74) is 3.98. The van der Waals surface area contributed by atoms with Gasteiger partial charge in [0.05, 0.1) is 16.2 Å². The minimum absolute atomic E-state index is 0.0758. The van der Waals surface area contributed by atoms with Crippen molar-refractivity contribution in [3.8, 4) is 0 Å². The van der Waals surface area contributed by atoms with E-state index in [4.69, 9.17) is 5.73 Å². The molecule has 0 aliphatic rings. The smallest absolute Gasteiger partial charge is 0.241 e. The van der Waals surface area contributed by atoms with Crippen LogP contribution in [0.25, 0.3) is 0 Å². The third-order valence-electron chi connectivity index (χ3n) is 2.77. The van der Waals surface area contributed by atoms with Crippen LogP contribution in [-0.4, -0.2) is 25.7 Å². The van der Waals surface area contributed by atoms with Gasteiger partial charge in [-0.25, -0.2) is 17.5 Å². The van der Waals surface area contributed by atoms with Crippen LogP contribution in [0.3, 0.4) is 0 Å². The molecule has 20 heavy (non-hydrogen) atoms. The highest BCUT2D eigenvalue weighted by molar-refractivity contribution is 9.10. The molecule has 0 spiro atoms. The van der Waals surface area contributed by atoms with Crippen molar-refractivity contribution >= 4 is 31.6 Å². The van der Waals surface area contributed by atoms with Gasteiger partial charge in [0.2, 0.25) is 10.0 Å². The Morgan fingerprint density at radius 2 is 2.10 bits per heavy atom. The fraction of sp³-hybridized carbons (Fsp3) is 0.500. The number of rotatable bonds is 6. The monoisotopic (exact) mass is 368 g/mol. The van der Waals surface area contributed by atoms with Crippen LogP contribution in [0.15, 0.2) is 21.5 Å². The van der Waals surface area contributed by atoms with E-state index in [-0.39, 0.29) is 21.6 Å². The number of nitrogen functional groups attached to an aromatic ring is 1. The van der Waals surface area contributed by atoms with Crippen molar-refractivity contribution in [2.75, 3.05) is 12.3 Å². The molecule has 4 N–H and O–H groups in total. The van der Waals surface area contributed by atoms with Crippen molar-refractivity contribution in [1.82, 2.24) is 4.72 Å². The fourth-order valence-electron chi connectivity index (χ4n) is 1.71. The zero-order valence-electron chi connectivity index (χ0n) is 11.3. The molecule has 1 aromatic rings. The summed E-state index contributed by atoms with van der Waals surface area (Å²) in [6.45, 7) is 3.31. The molecule has 1 aromatic carbocycles. The molecule has 0 heterocycles. The standard InChI is InChI=1S/C12H18BrFN2O3S/c1-3-4-12(2,17)7-16-20(18,19)11-6-10(15)9(14)5-8(11)13/h5-6,16-17H,3-4,7,15H2,1-2H3. The van der Waals surface area contributed by atoms with E-state index in [2.05, 4.69) is 20.7 Å². The topological polar surface area (TPSA) is 92.4 Å². The van der Waals surface area contributed by atoms with Crippen LogP contribution in [0.1, 0.15) is 26.7 Å². The zero-order valence-corrected chi connectivity index (χ0v) is 13.7. The van der Waals surface area contributed by atoms with Gasteiger partial charge in [-0.05, 0) is 41.4 Å². The van der Waals surface area contributed by atoms with Gasteiger partial charge in [0.25, 0.3) is 0 Å². The lowest BCUT2D eigenvalue weighted by atomic mass is 10.0. The van der Waals surface area contributed by atoms with E-state index in [1.165, 1.54) is 0 Å². The third kappa shape index (κ3) is 4.41. The Morgan fingerprint density at radius 1 is 1.50 bits per heavy atom. The molecule has 0 saturated heterocycles. The lowest BCUT2D eigenvalue weighted by Gasteiger charge is -2.23. The van der Waals surface area contributed by atoms with E-state index < -0.39 is 21.4 Å². The fourth-order valence-corrected chi connectivity index (χ4v) is 3.91. The number of hydrogen-bond donors (Lipinski definition) is 3. The summed E-state index contributed by atoms with van der Waals surface area (Å²) >= 11 is 2.99. The molecule has 0 bridgehead atoms. The highest BCUT2D eigenvalue weighted by Gasteiger charge is 2.25. The molecule has 0 aliphatic heterocycles. The van der Waals surface area contributed by atoms with Crippen LogP contribution >= 0.6 is 15.9 Å². The van der Waals surface area contributed by atoms with Crippen LogP contribution in [0.5, 0.6) is 0 Å². The first-order valence-electron chi connectivity index (χ1n) is 6.05. The number of hydrogen-bond acceptors (Lipinski definition) is 4. The maximum Gasteiger partial charge on any atom is 0.241 e. The largest absolute Gasteiger partial charge is 0.396 e. The second kappa shape index (κ2) is 6.38. The van der Waals surface area contributed by atoms with E-state index in [1.807, 2.05) is 6.92 Å². The molecule has 114 valence electrons. The van der Waals surface area contributed by atoms with Crippen molar-refractivity contribution in [3.63, 3.8) is 0 Å². The van der Waals surface area contributed by atoms with E-state index >= 15 is 0 Å². The molecule has 0 aliphatic carbocycles. The number of aliphatic hydroxyl groups is 1. The summed E-state index contributed by atoms with van der Waals surface area (Å²) in [7, 11) is -3.89. The first-order chi connectivity index (χ1) is 9.09. The van der Waals surface area contributed by atoms with E-state index in [0.717, 1.165) is 18.6 Å². The Kier molecular flexibility index (Phi) is 5.54. The Labute approximate surface area is 126 Å². The number of nitrogens with two attached hydrogens (primary N) is 1. The average Bonchev–Trinajstić information content (AvgIpc) is 2.31. The lowest BCUT2D eigenvalue weighted by Crippen LogP contribution is -2.40. The summed E-state index contributed by atoms with van der Waals surface area (Å²) in [4.78, 5) is -0.163. The molecule has 0 aromatic heterocycles. The molecule has 5 nitrogen and oxygen atoms in total. The van der Waals surface area contributed by atoms with E-state index in [0.29, 0.717) is 6.42 Å². The molecule has 8 heteroatoms. The number of nitrogens with one attached hydrogen (secondary N) is 1. The summed E-state index contributed by atoms with van der Waals surface area (Å²) in [5.74, 6) is -0.700. The maximum atomic E-state index is 13.2. The van der Waals surface area contributed by atoms with Crippen molar-refractivity contribution in [1.29, 1.82) is 0 Å². The van der Waals surface area contributed by atoms with Gasteiger partial charge in [-0.1, -0.05) is 13.3 Å². The van der Waals surface area contributed by atoms with Gasteiger partial charge < -0.3 is 10.8 Å². The Hall–Kier alpha value is -0.700. The zero-order chi connectivity index (χ0) is 15.6. The quantitative estimate of drug-likeness (QED) is 0.669.